The van der Waals surface area contributed by atoms with Gasteiger partial charge in [-0.1, -0.05) is 41.4 Å². The first-order valence-electron chi connectivity index (χ1n) is 12.3. The third-order valence-electron chi connectivity index (χ3n) is 6.72. The molecule has 0 unspecified atom stereocenters. The second-order valence-electron chi connectivity index (χ2n) is 9.07. The van der Waals surface area contributed by atoms with Crippen molar-refractivity contribution in [1.29, 1.82) is 0 Å². The second kappa shape index (κ2) is 11.3. The molecule has 0 amide bonds. The number of nitrogens with zero attached hydrogens (tertiary/aromatic N) is 3. The minimum absolute atomic E-state index is 0.180. The van der Waals surface area contributed by atoms with Crippen LogP contribution in [0.5, 0.6) is 5.75 Å². The molecule has 5 rings (SSSR count). The topological polar surface area (TPSA) is 51.6 Å². The Bertz CT molecular complexity index is 1460. The van der Waals surface area contributed by atoms with Crippen molar-refractivity contribution in [2.24, 2.45) is 0 Å². The zero-order valence-electron chi connectivity index (χ0n) is 21.3. The van der Waals surface area contributed by atoms with Crippen LogP contribution in [0.3, 0.4) is 0 Å². The minimum atomic E-state index is -0.184. The Hall–Kier alpha value is -3.10. The van der Waals surface area contributed by atoms with Gasteiger partial charge in [-0.25, -0.2) is 0 Å². The highest BCUT2D eigenvalue weighted by Gasteiger charge is 2.42. The molecule has 1 N–H and O–H groups in total. The Morgan fingerprint density at radius 3 is 2.47 bits per heavy atom. The number of nitrogens with one attached hydrogen (secondary N) is 1. The Morgan fingerprint density at radius 2 is 1.76 bits per heavy atom. The molecule has 1 fully saturated rings. The fourth-order valence-electron chi connectivity index (χ4n) is 5.03. The monoisotopic (exact) mass is 566 g/mol. The van der Waals surface area contributed by atoms with Crippen LogP contribution in [0.1, 0.15) is 34.7 Å². The zero-order chi connectivity index (χ0) is 26.8. The molecule has 0 saturated carbocycles. The summed E-state index contributed by atoms with van der Waals surface area (Å²) in [5.74, 6) is 0.597. The van der Waals surface area contributed by atoms with Crippen LogP contribution in [0.2, 0.25) is 10.0 Å². The number of hydrogen-bond donors (Lipinski definition) is 1. The van der Waals surface area contributed by atoms with Crippen LogP contribution in [-0.4, -0.2) is 35.0 Å². The predicted octanol–water partition coefficient (Wildman–Crippen LogP) is 7.00. The van der Waals surface area contributed by atoms with Crippen LogP contribution in [0, 0.1) is 13.8 Å². The summed E-state index contributed by atoms with van der Waals surface area (Å²) in [7, 11) is 1.64. The minimum Gasteiger partial charge on any atom is -0.490 e. The van der Waals surface area contributed by atoms with Gasteiger partial charge in [-0.3, -0.25) is 4.98 Å². The van der Waals surface area contributed by atoms with Crippen molar-refractivity contribution in [1.82, 2.24) is 14.9 Å². The number of aryl methyl sites for hydroxylation is 1. The van der Waals surface area contributed by atoms with E-state index >= 15 is 0 Å². The van der Waals surface area contributed by atoms with Crippen molar-refractivity contribution < 1.29 is 9.47 Å². The molecule has 1 aliphatic rings. The van der Waals surface area contributed by atoms with Crippen LogP contribution in [0.25, 0.3) is 5.69 Å². The van der Waals surface area contributed by atoms with E-state index < -0.39 is 0 Å². The molecule has 2 aromatic heterocycles. The highest BCUT2D eigenvalue weighted by atomic mass is 35.5. The molecule has 4 aromatic rings. The first-order chi connectivity index (χ1) is 18.4. The van der Waals surface area contributed by atoms with Gasteiger partial charge in [0.2, 0.25) is 0 Å². The van der Waals surface area contributed by atoms with E-state index in [4.69, 9.17) is 44.9 Å². The van der Waals surface area contributed by atoms with Gasteiger partial charge in [0.15, 0.2) is 5.11 Å². The van der Waals surface area contributed by atoms with E-state index in [1.165, 1.54) is 0 Å². The van der Waals surface area contributed by atoms with Gasteiger partial charge in [0.05, 0.1) is 40.1 Å². The van der Waals surface area contributed by atoms with Crippen LogP contribution in [0.4, 0.5) is 5.69 Å². The van der Waals surface area contributed by atoms with Crippen molar-refractivity contribution in [3.63, 3.8) is 0 Å². The third-order valence-corrected chi connectivity index (χ3v) is 7.65. The number of aromatic nitrogens is 2. The lowest BCUT2D eigenvalue weighted by Gasteiger charge is -2.28. The van der Waals surface area contributed by atoms with E-state index in [1.54, 1.807) is 13.3 Å². The molecule has 0 radical (unpaired) electrons. The van der Waals surface area contributed by atoms with Gasteiger partial charge >= 0.3 is 0 Å². The molecule has 1 aliphatic heterocycles. The van der Waals surface area contributed by atoms with Gasteiger partial charge in [-0.2, -0.15) is 0 Å². The molecule has 196 valence electrons. The van der Waals surface area contributed by atoms with Crippen molar-refractivity contribution in [2.45, 2.75) is 25.9 Å². The van der Waals surface area contributed by atoms with Gasteiger partial charge in [0.25, 0.3) is 0 Å². The number of hydrogen-bond acceptors (Lipinski definition) is 4. The molecule has 2 atom stereocenters. The van der Waals surface area contributed by atoms with Gasteiger partial charge in [0.1, 0.15) is 12.4 Å². The Kier molecular flexibility index (Phi) is 7.91. The maximum Gasteiger partial charge on any atom is 0.174 e. The van der Waals surface area contributed by atoms with E-state index in [1.807, 2.05) is 60.7 Å². The lowest BCUT2D eigenvalue weighted by molar-refractivity contribution is 0.146. The summed E-state index contributed by atoms with van der Waals surface area (Å²) in [6.07, 6.45) is 1.80. The maximum absolute atomic E-state index is 6.65. The number of anilines is 1. The van der Waals surface area contributed by atoms with Gasteiger partial charge in [0, 0.05) is 30.4 Å². The predicted molar refractivity (Wildman–Crippen MR) is 157 cm³/mol. The Balaban J connectivity index is 1.61. The van der Waals surface area contributed by atoms with E-state index in [0.717, 1.165) is 34.0 Å². The summed E-state index contributed by atoms with van der Waals surface area (Å²) in [5.41, 5.74) is 5.95. The van der Waals surface area contributed by atoms with Gasteiger partial charge < -0.3 is 24.3 Å². The van der Waals surface area contributed by atoms with E-state index in [9.17, 15) is 0 Å². The SMILES string of the molecule is COCCOc1ccc(N2C(=S)N[C@@H](c3ccccn3)[C@H]2c2cc(C)n(-c3ccccc3Cl)c2C)cc1Cl. The molecule has 2 aromatic carbocycles. The van der Waals surface area contributed by atoms with E-state index in [0.29, 0.717) is 34.1 Å². The number of benzene rings is 2. The molecule has 0 spiro atoms. The number of para-hydroxylation sites is 1. The summed E-state index contributed by atoms with van der Waals surface area (Å²) < 4.78 is 13.0. The lowest BCUT2D eigenvalue weighted by atomic mass is 9.96. The largest absolute Gasteiger partial charge is 0.490 e. The normalized spacial score (nSPS) is 17.1. The second-order valence-corrected chi connectivity index (χ2v) is 10.3. The smallest absolute Gasteiger partial charge is 0.174 e. The molecular formula is C29H28Cl2N4O2S. The number of pyridine rings is 1. The molecule has 9 heteroatoms. The van der Waals surface area contributed by atoms with Crippen LogP contribution < -0.4 is 15.0 Å². The quantitative estimate of drug-likeness (QED) is 0.183. The summed E-state index contributed by atoms with van der Waals surface area (Å²) >= 11 is 19.2. The fraction of sp³-hybridized carbons (Fsp3) is 0.241. The molecule has 0 aliphatic carbocycles. The van der Waals surface area contributed by atoms with Gasteiger partial charge in [-0.05, 0) is 80.2 Å². The average Bonchev–Trinajstić information content (AvgIpc) is 3.41. The number of rotatable bonds is 8. The Labute approximate surface area is 238 Å². The number of halogens is 2. The van der Waals surface area contributed by atoms with Crippen molar-refractivity contribution in [3.05, 3.63) is 106 Å². The molecular weight excluding hydrogens is 539 g/mol. The number of methoxy groups -OCH3 is 1. The van der Waals surface area contributed by atoms with Gasteiger partial charge in [-0.15, -0.1) is 0 Å². The average molecular weight is 568 g/mol. The molecule has 1 saturated heterocycles. The fourth-order valence-corrected chi connectivity index (χ4v) is 5.83. The summed E-state index contributed by atoms with van der Waals surface area (Å²) in [4.78, 5) is 6.78. The van der Waals surface area contributed by atoms with Crippen molar-refractivity contribution >= 4 is 46.2 Å². The highest BCUT2D eigenvalue weighted by molar-refractivity contribution is 7.80. The number of thiocarbonyl (C=S) groups is 1. The van der Waals surface area contributed by atoms with Crippen molar-refractivity contribution in [2.75, 3.05) is 25.2 Å². The standard InChI is InChI=1S/C29H28Cl2N4O2S/c1-18-16-21(19(2)34(18)25-10-5-4-8-22(25)30)28-27(24-9-6-7-13-32-24)33-29(38)35(28)20-11-12-26(23(31)17-20)37-15-14-36-3/h4-13,16-17,27-28H,14-15H2,1-3H3,(H,33,38)/t27-,28+/m0/s1. The Morgan fingerprint density at radius 1 is 0.974 bits per heavy atom. The maximum atomic E-state index is 6.65. The molecule has 6 nitrogen and oxygen atoms in total. The van der Waals surface area contributed by atoms with Crippen LogP contribution in [0.15, 0.2) is 72.9 Å². The van der Waals surface area contributed by atoms with Crippen molar-refractivity contribution in [3.8, 4) is 11.4 Å². The van der Waals surface area contributed by atoms with Crippen LogP contribution >= 0.6 is 35.4 Å². The highest BCUT2D eigenvalue weighted by Crippen LogP contribution is 2.45. The molecule has 38 heavy (non-hydrogen) atoms. The molecule has 3 heterocycles. The summed E-state index contributed by atoms with van der Waals surface area (Å²) in [5, 5.41) is 5.31. The van der Waals surface area contributed by atoms with Crippen LogP contribution in [-0.2, 0) is 4.74 Å². The molecule has 0 bridgehead atoms. The number of ether oxygens (including phenoxy) is 2. The first-order valence-corrected chi connectivity index (χ1v) is 13.4. The van der Waals surface area contributed by atoms with E-state index in [-0.39, 0.29) is 12.1 Å². The zero-order valence-corrected chi connectivity index (χ0v) is 23.6. The summed E-state index contributed by atoms with van der Waals surface area (Å²) in [6, 6.07) is 21.3. The summed E-state index contributed by atoms with van der Waals surface area (Å²) in [6.45, 7) is 5.09. The lowest BCUT2D eigenvalue weighted by Crippen LogP contribution is -2.29. The first kappa shape index (κ1) is 26.5. The van der Waals surface area contributed by atoms with E-state index in [2.05, 4.69) is 39.7 Å². The third kappa shape index (κ3) is 4.99.